The highest BCUT2D eigenvalue weighted by Gasteiger charge is 2.69. The number of carbonyl (C=O) groups is 2. The number of halogens is 2. The van der Waals surface area contributed by atoms with Crippen molar-refractivity contribution in [3.63, 3.8) is 0 Å². The van der Waals surface area contributed by atoms with Crippen molar-refractivity contribution in [3.05, 3.63) is 98.5 Å². The zero-order chi connectivity index (χ0) is 27.2. The molecule has 7 rings (SSSR count). The first kappa shape index (κ1) is 24.5. The molecule has 3 aliphatic rings. The average molecular weight is 559 g/mol. The summed E-state index contributed by atoms with van der Waals surface area (Å²) in [4.78, 5) is 48.7. The van der Waals surface area contributed by atoms with Crippen LogP contribution < -0.4 is 15.8 Å². The largest absolute Gasteiger partial charge is 0.297 e. The molecule has 3 aliphatic heterocycles. The Balaban J connectivity index is 1.53. The van der Waals surface area contributed by atoms with Crippen LogP contribution in [-0.2, 0) is 15.1 Å². The standard InChI is InChI=1S/C30H24Cl2N4O3/c1-15(2)14-20-23-24(28(39)35(27(23)38)22-13-7-10-18(31)25(22)32)30(34-20)17-9-4-6-12-21(17)36-26(37)16-8-3-5-11-19(16)33-29(30)36/h3-13,15,20,23-24,34H,14H2,1-2H3/t20?,23-,24+,30?/m0/s1. The molecule has 0 aliphatic carbocycles. The Hall–Kier alpha value is -3.52. The van der Waals surface area contributed by atoms with Gasteiger partial charge in [-0.25, -0.2) is 9.88 Å². The first-order valence-corrected chi connectivity index (χ1v) is 13.7. The second kappa shape index (κ2) is 8.49. The Morgan fingerprint density at radius 2 is 1.64 bits per heavy atom. The maximum atomic E-state index is 14.5. The van der Waals surface area contributed by atoms with E-state index in [1.165, 1.54) is 4.90 Å². The van der Waals surface area contributed by atoms with Gasteiger partial charge in [-0.1, -0.05) is 73.4 Å². The van der Waals surface area contributed by atoms with Gasteiger partial charge in [-0.05, 0) is 42.7 Å². The average Bonchev–Trinajstić information content (AvgIpc) is 3.49. The molecule has 0 saturated carbocycles. The lowest BCUT2D eigenvalue weighted by Gasteiger charge is -2.32. The normalized spacial score (nSPS) is 25.2. The van der Waals surface area contributed by atoms with Gasteiger partial charge >= 0.3 is 0 Å². The molecule has 7 nitrogen and oxygen atoms in total. The van der Waals surface area contributed by atoms with E-state index >= 15 is 0 Å². The fraction of sp³-hybridized carbons (Fsp3) is 0.267. The van der Waals surface area contributed by atoms with E-state index in [9.17, 15) is 14.4 Å². The van der Waals surface area contributed by atoms with Gasteiger partial charge in [0.05, 0.1) is 44.2 Å². The third-order valence-corrected chi connectivity index (χ3v) is 9.07. The van der Waals surface area contributed by atoms with E-state index in [1.807, 2.05) is 36.4 Å². The van der Waals surface area contributed by atoms with Crippen LogP contribution in [0.5, 0.6) is 0 Å². The van der Waals surface area contributed by atoms with Gasteiger partial charge in [-0.15, -0.1) is 0 Å². The van der Waals surface area contributed by atoms with E-state index in [0.29, 0.717) is 28.8 Å². The van der Waals surface area contributed by atoms with Gasteiger partial charge in [0, 0.05) is 11.6 Å². The highest BCUT2D eigenvalue weighted by molar-refractivity contribution is 6.45. The van der Waals surface area contributed by atoms with Crippen LogP contribution in [0.2, 0.25) is 10.0 Å². The van der Waals surface area contributed by atoms with Crippen LogP contribution >= 0.6 is 23.2 Å². The third-order valence-electron chi connectivity index (χ3n) is 8.26. The molecule has 4 heterocycles. The first-order valence-electron chi connectivity index (χ1n) is 13.0. The van der Waals surface area contributed by atoms with Crippen LogP contribution in [0.15, 0.2) is 71.5 Å². The van der Waals surface area contributed by atoms with Gasteiger partial charge in [-0.2, -0.15) is 0 Å². The van der Waals surface area contributed by atoms with Crippen LogP contribution in [0.1, 0.15) is 31.7 Å². The Morgan fingerprint density at radius 1 is 0.923 bits per heavy atom. The number of nitrogens with one attached hydrogen (secondary N) is 1. The van der Waals surface area contributed by atoms with E-state index in [0.717, 1.165) is 5.56 Å². The van der Waals surface area contributed by atoms with Crippen LogP contribution in [0, 0.1) is 17.8 Å². The van der Waals surface area contributed by atoms with Crippen molar-refractivity contribution in [3.8, 4) is 5.69 Å². The maximum Gasteiger partial charge on any atom is 0.266 e. The number of benzene rings is 3. The molecule has 2 fully saturated rings. The van der Waals surface area contributed by atoms with E-state index in [1.54, 1.807) is 34.9 Å². The van der Waals surface area contributed by atoms with Crippen molar-refractivity contribution in [1.82, 2.24) is 14.9 Å². The predicted molar refractivity (Wildman–Crippen MR) is 150 cm³/mol. The SMILES string of the molecule is CC(C)CC1NC2(c3ccccc3-n3c2nc2ccccc2c3=O)[C@H]2C(=O)N(c3cccc(Cl)c3Cl)C(=O)[C@@H]12. The van der Waals surface area contributed by atoms with Crippen LogP contribution in [0.25, 0.3) is 16.6 Å². The van der Waals surface area contributed by atoms with Crippen molar-refractivity contribution >= 4 is 51.6 Å². The van der Waals surface area contributed by atoms with Gasteiger partial charge in [0.25, 0.3) is 5.56 Å². The third kappa shape index (κ3) is 3.15. The molecule has 0 radical (unpaired) electrons. The summed E-state index contributed by atoms with van der Waals surface area (Å²) in [7, 11) is 0. The molecule has 2 amide bonds. The molecule has 9 heteroatoms. The predicted octanol–water partition coefficient (Wildman–Crippen LogP) is 5.07. The molecule has 4 aromatic rings. The maximum absolute atomic E-state index is 14.5. The zero-order valence-corrected chi connectivity index (χ0v) is 22.7. The number of nitrogens with zero attached hydrogens (tertiary/aromatic N) is 3. The second-order valence-electron chi connectivity index (χ2n) is 10.9. The molecule has 3 aromatic carbocycles. The highest BCUT2D eigenvalue weighted by atomic mass is 35.5. The fourth-order valence-corrected chi connectivity index (χ4v) is 7.21. The summed E-state index contributed by atoms with van der Waals surface area (Å²) < 4.78 is 1.60. The summed E-state index contributed by atoms with van der Waals surface area (Å²) in [5, 5.41) is 4.61. The molecule has 196 valence electrons. The summed E-state index contributed by atoms with van der Waals surface area (Å²) >= 11 is 12.8. The van der Waals surface area contributed by atoms with Crippen LogP contribution in [0.3, 0.4) is 0 Å². The minimum atomic E-state index is -1.18. The number of imide groups is 1. The molecule has 2 saturated heterocycles. The summed E-state index contributed by atoms with van der Waals surface area (Å²) in [6, 6.07) is 19.3. The molecule has 1 spiro atoms. The van der Waals surface area contributed by atoms with Gasteiger partial charge in [-0.3, -0.25) is 24.3 Å². The number of para-hydroxylation sites is 2. The van der Waals surface area contributed by atoms with Gasteiger partial charge in [0.1, 0.15) is 11.4 Å². The van der Waals surface area contributed by atoms with Crippen molar-refractivity contribution in [1.29, 1.82) is 0 Å². The lowest BCUT2D eigenvalue weighted by atomic mass is 9.75. The first-order chi connectivity index (χ1) is 18.8. The van der Waals surface area contributed by atoms with Crippen molar-refractivity contribution in [2.45, 2.75) is 31.8 Å². The highest BCUT2D eigenvalue weighted by Crippen LogP contribution is 2.56. The van der Waals surface area contributed by atoms with E-state index in [4.69, 9.17) is 28.2 Å². The molecule has 1 aromatic heterocycles. The number of hydrogen-bond donors (Lipinski definition) is 1. The smallest absolute Gasteiger partial charge is 0.266 e. The van der Waals surface area contributed by atoms with Gasteiger partial charge in [0.2, 0.25) is 11.8 Å². The summed E-state index contributed by atoms with van der Waals surface area (Å²) in [5.74, 6) is -1.58. The van der Waals surface area contributed by atoms with Crippen molar-refractivity contribution in [2.24, 2.45) is 17.8 Å². The summed E-state index contributed by atoms with van der Waals surface area (Å²) in [6.45, 7) is 4.17. The van der Waals surface area contributed by atoms with E-state index in [2.05, 4.69) is 19.2 Å². The Kier molecular flexibility index (Phi) is 5.34. The van der Waals surface area contributed by atoms with Crippen LogP contribution in [-0.4, -0.2) is 27.4 Å². The molecule has 1 N–H and O–H groups in total. The minimum absolute atomic E-state index is 0.149. The fourth-order valence-electron chi connectivity index (χ4n) is 6.83. The number of anilines is 1. The van der Waals surface area contributed by atoms with Gasteiger partial charge in [0.15, 0.2) is 0 Å². The lowest BCUT2D eigenvalue weighted by molar-refractivity contribution is -0.123. The number of rotatable bonds is 3. The Morgan fingerprint density at radius 3 is 2.44 bits per heavy atom. The van der Waals surface area contributed by atoms with Crippen molar-refractivity contribution in [2.75, 3.05) is 4.90 Å². The van der Waals surface area contributed by atoms with E-state index < -0.39 is 23.3 Å². The summed E-state index contributed by atoms with van der Waals surface area (Å²) in [6.07, 6.45) is 0.652. The monoisotopic (exact) mass is 558 g/mol. The van der Waals surface area contributed by atoms with Crippen molar-refractivity contribution < 1.29 is 9.59 Å². The zero-order valence-electron chi connectivity index (χ0n) is 21.2. The number of aromatic nitrogens is 2. The number of amides is 2. The quantitative estimate of drug-likeness (QED) is 0.355. The molecular formula is C30H24Cl2N4O3. The molecule has 39 heavy (non-hydrogen) atoms. The lowest BCUT2D eigenvalue weighted by Crippen LogP contribution is -2.50. The number of fused-ring (bicyclic) bond motifs is 8. The second-order valence-corrected chi connectivity index (χ2v) is 11.7. The Bertz CT molecular complexity index is 1780. The summed E-state index contributed by atoms with van der Waals surface area (Å²) in [5.41, 5.74) is 0.826. The molecular weight excluding hydrogens is 535 g/mol. The number of hydrogen-bond acceptors (Lipinski definition) is 5. The molecule has 2 unspecified atom stereocenters. The number of carbonyl (C=O) groups excluding carboxylic acids is 2. The van der Waals surface area contributed by atoms with Crippen LogP contribution in [0.4, 0.5) is 5.69 Å². The minimum Gasteiger partial charge on any atom is -0.297 e. The Labute approximate surface area is 234 Å². The van der Waals surface area contributed by atoms with Gasteiger partial charge < -0.3 is 0 Å². The molecule has 4 atom stereocenters. The topological polar surface area (TPSA) is 84.3 Å². The molecule has 0 bridgehead atoms. The van der Waals surface area contributed by atoms with E-state index in [-0.39, 0.29) is 39.2 Å².